The van der Waals surface area contributed by atoms with Crippen molar-refractivity contribution in [1.82, 2.24) is 29.2 Å². The van der Waals surface area contributed by atoms with E-state index in [9.17, 15) is 9.18 Å². The number of nitrogens with zero attached hydrogens (tertiary/aromatic N) is 8. The van der Waals surface area contributed by atoms with Crippen LogP contribution in [0.1, 0.15) is 26.5 Å². The first-order chi connectivity index (χ1) is 16.7. The lowest BCUT2D eigenvalue weighted by Gasteiger charge is -2.44. The number of aromatic nitrogens is 4. The normalized spacial score (nSPS) is 19.8. The molecule has 1 atom stereocenters. The maximum atomic E-state index is 14.7. The summed E-state index contributed by atoms with van der Waals surface area (Å²) in [6, 6.07) is 6.21. The van der Waals surface area contributed by atoms with Gasteiger partial charge >= 0.3 is 0 Å². The molecule has 10 heteroatoms. The zero-order chi connectivity index (χ0) is 24.9. The average Bonchev–Trinajstić information content (AvgIpc) is 3.25. The number of imidazole rings is 1. The van der Waals surface area contributed by atoms with Crippen LogP contribution in [0.5, 0.6) is 0 Å². The zero-order valence-electron chi connectivity index (χ0n) is 21.0. The van der Waals surface area contributed by atoms with Gasteiger partial charge in [-0.05, 0) is 40.0 Å². The number of hydrogen-bond donors (Lipinski definition) is 0. The summed E-state index contributed by atoms with van der Waals surface area (Å²) in [6.07, 6.45) is 5.03. The van der Waals surface area contributed by atoms with Gasteiger partial charge in [0.2, 0.25) is 11.9 Å². The highest BCUT2D eigenvalue weighted by Crippen LogP contribution is 2.32. The number of likely N-dealkylation sites (N-methyl/N-ethyl adjacent to an activating group) is 1. The minimum atomic E-state index is -0.566. The number of piperazine rings is 1. The third-order valence-electron chi connectivity index (χ3n) is 7.70. The van der Waals surface area contributed by atoms with Gasteiger partial charge in [0.15, 0.2) is 11.6 Å². The molecule has 2 saturated heterocycles. The number of amides is 1. The molecule has 0 bridgehead atoms. The van der Waals surface area contributed by atoms with Gasteiger partial charge in [-0.3, -0.25) is 4.79 Å². The highest BCUT2D eigenvalue weighted by Gasteiger charge is 2.41. The highest BCUT2D eigenvalue weighted by molar-refractivity contribution is 5.82. The number of halogens is 1. The van der Waals surface area contributed by atoms with Gasteiger partial charge in [0.05, 0.1) is 29.5 Å². The Morgan fingerprint density at radius 1 is 1.11 bits per heavy atom. The van der Waals surface area contributed by atoms with Crippen LogP contribution in [0, 0.1) is 11.7 Å². The molecule has 5 heterocycles. The van der Waals surface area contributed by atoms with E-state index in [0.717, 1.165) is 31.0 Å². The Labute approximate surface area is 205 Å². The molecule has 0 N–H and O–H groups in total. The molecule has 2 fully saturated rings. The molecule has 0 saturated carbocycles. The van der Waals surface area contributed by atoms with Crippen LogP contribution in [0.4, 0.5) is 16.2 Å². The second kappa shape index (κ2) is 8.75. The van der Waals surface area contributed by atoms with Crippen molar-refractivity contribution in [3.8, 4) is 0 Å². The summed E-state index contributed by atoms with van der Waals surface area (Å²) in [7, 11) is 3.93. The number of fused-ring (bicyclic) bond motifs is 1. The molecule has 0 radical (unpaired) electrons. The Hall–Kier alpha value is -3.27. The lowest BCUT2D eigenvalue weighted by Crippen LogP contribution is -2.57. The van der Waals surface area contributed by atoms with Gasteiger partial charge in [-0.25, -0.2) is 14.4 Å². The standard InChI is InChI=1S/C25H33FN8O/c1-17-14-32(11-10-30(17)4)24-28-12-19(26)22(29-24)33-15-18(16-33)23(35)31(5)25(2,3)20-13-27-21-8-6-7-9-34(20)21/h6-9,12-13,17-18H,10-11,14-16H2,1-5H3/t17-/m1/s1. The molecule has 3 aromatic heterocycles. The molecule has 0 aliphatic carbocycles. The van der Waals surface area contributed by atoms with E-state index >= 15 is 0 Å². The van der Waals surface area contributed by atoms with Crippen LogP contribution in [0.25, 0.3) is 5.65 Å². The Morgan fingerprint density at radius 2 is 1.89 bits per heavy atom. The fourth-order valence-corrected chi connectivity index (χ4v) is 4.87. The van der Waals surface area contributed by atoms with E-state index in [1.54, 1.807) is 4.90 Å². The summed E-state index contributed by atoms with van der Waals surface area (Å²) in [4.78, 5) is 34.6. The topological polar surface area (TPSA) is 73.1 Å². The van der Waals surface area contributed by atoms with Crippen molar-refractivity contribution in [2.45, 2.75) is 32.4 Å². The first kappa shape index (κ1) is 23.5. The molecule has 186 valence electrons. The van der Waals surface area contributed by atoms with Gasteiger partial charge in [-0.1, -0.05) is 6.07 Å². The summed E-state index contributed by atoms with van der Waals surface area (Å²) >= 11 is 0. The quantitative estimate of drug-likeness (QED) is 0.555. The Bertz CT molecular complexity index is 1240. The van der Waals surface area contributed by atoms with E-state index in [2.05, 4.69) is 38.7 Å². The molecular weight excluding hydrogens is 447 g/mol. The van der Waals surface area contributed by atoms with Gasteiger partial charge < -0.3 is 24.0 Å². The third kappa shape index (κ3) is 4.09. The van der Waals surface area contributed by atoms with E-state index < -0.39 is 11.4 Å². The predicted molar refractivity (Wildman–Crippen MR) is 133 cm³/mol. The number of anilines is 2. The summed E-state index contributed by atoms with van der Waals surface area (Å²) in [5.41, 5.74) is 1.22. The number of pyridine rings is 1. The lowest BCUT2D eigenvalue weighted by molar-refractivity contribution is -0.140. The smallest absolute Gasteiger partial charge is 0.229 e. The molecule has 0 aromatic carbocycles. The average molecular weight is 481 g/mol. The molecule has 35 heavy (non-hydrogen) atoms. The first-order valence-electron chi connectivity index (χ1n) is 12.1. The van der Waals surface area contributed by atoms with Crippen LogP contribution in [0.3, 0.4) is 0 Å². The number of hydrogen-bond acceptors (Lipinski definition) is 7. The predicted octanol–water partition coefficient (Wildman–Crippen LogP) is 2.23. The third-order valence-corrected chi connectivity index (χ3v) is 7.70. The summed E-state index contributed by atoms with van der Waals surface area (Å²) in [6.45, 7) is 9.56. The zero-order valence-corrected chi connectivity index (χ0v) is 21.0. The molecule has 1 amide bonds. The lowest BCUT2D eigenvalue weighted by atomic mass is 9.93. The van der Waals surface area contributed by atoms with E-state index in [1.807, 2.05) is 60.8 Å². The largest absolute Gasteiger partial charge is 0.352 e. The van der Waals surface area contributed by atoms with E-state index in [0.29, 0.717) is 25.1 Å². The van der Waals surface area contributed by atoms with Crippen molar-refractivity contribution >= 4 is 23.3 Å². The Morgan fingerprint density at radius 3 is 2.63 bits per heavy atom. The second-order valence-electron chi connectivity index (χ2n) is 10.2. The highest BCUT2D eigenvalue weighted by atomic mass is 19.1. The first-order valence-corrected chi connectivity index (χ1v) is 12.1. The molecular formula is C25H33FN8O. The fourth-order valence-electron chi connectivity index (χ4n) is 4.87. The molecule has 2 aliphatic rings. The monoisotopic (exact) mass is 480 g/mol. The van der Waals surface area contributed by atoms with Crippen molar-refractivity contribution in [2.75, 3.05) is 56.6 Å². The van der Waals surface area contributed by atoms with Crippen molar-refractivity contribution < 1.29 is 9.18 Å². The Kier molecular flexibility index (Phi) is 5.86. The maximum absolute atomic E-state index is 14.7. The van der Waals surface area contributed by atoms with Gasteiger partial charge in [-0.2, -0.15) is 4.98 Å². The van der Waals surface area contributed by atoms with Crippen molar-refractivity contribution in [2.24, 2.45) is 5.92 Å². The van der Waals surface area contributed by atoms with Gasteiger partial charge in [-0.15, -0.1) is 0 Å². The van der Waals surface area contributed by atoms with E-state index in [1.165, 1.54) is 6.20 Å². The van der Waals surface area contributed by atoms with Gasteiger partial charge in [0.25, 0.3) is 0 Å². The van der Waals surface area contributed by atoms with Crippen LogP contribution in [0.2, 0.25) is 0 Å². The van der Waals surface area contributed by atoms with Gasteiger partial charge in [0, 0.05) is 52.0 Å². The summed E-state index contributed by atoms with van der Waals surface area (Å²) in [5, 5.41) is 0. The minimum absolute atomic E-state index is 0.0275. The van der Waals surface area contributed by atoms with Crippen molar-refractivity contribution in [3.05, 3.63) is 48.3 Å². The molecule has 9 nitrogen and oxygen atoms in total. The number of carbonyl (C=O) groups excluding carboxylic acids is 1. The molecule has 5 rings (SSSR count). The van der Waals surface area contributed by atoms with Crippen LogP contribution in [-0.4, -0.2) is 87.9 Å². The second-order valence-corrected chi connectivity index (χ2v) is 10.2. The van der Waals surface area contributed by atoms with Crippen molar-refractivity contribution in [3.63, 3.8) is 0 Å². The fraction of sp³-hybridized carbons (Fsp3) is 0.520. The maximum Gasteiger partial charge on any atom is 0.229 e. The molecule has 0 spiro atoms. The molecule has 3 aromatic rings. The summed E-state index contributed by atoms with van der Waals surface area (Å²) in [5.74, 6) is 0.164. The Balaban J connectivity index is 1.27. The number of carbonyl (C=O) groups is 1. The van der Waals surface area contributed by atoms with Crippen molar-refractivity contribution in [1.29, 1.82) is 0 Å². The molecule has 2 aliphatic heterocycles. The number of rotatable bonds is 5. The van der Waals surface area contributed by atoms with Crippen LogP contribution >= 0.6 is 0 Å². The van der Waals surface area contributed by atoms with Crippen LogP contribution in [-0.2, 0) is 10.3 Å². The van der Waals surface area contributed by atoms with E-state index in [-0.39, 0.29) is 17.6 Å². The minimum Gasteiger partial charge on any atom is -0.352 e. The SMILES string of the molecule is C[C@@H]1CN(c2ncc(F)c(N3CC(C(=O)N(C)C(C)(C)c4cnc5ccccn45)C3)n2)CCN1C. The van der Waals surface area contributed by atoms with Crippen LogP contribution in [0.15, 0.2) is 36.8 Å². The van der Waals surface area contributed by atoms with Crippen LogP contribution < -0.4 is 9.80 Å². The molecule has 0 unspecified atom stereocenters. The van der Waals surface area contributed by atoms with Gasteiger partial charge in [0.1, 0.15) is 5.65 Å². The van der Waals surface area contributed by atoms with E-state index in [4.69, 9.17) is 0 Å². The summed E-state index contributed by atoms with van der Waals surface area (Å²) < 4.78 is 16.7.